The molecule has 0 N–H and O–H groups in total. The van der Waals surface area contributed by atoms with Gasteiger partial charge in [0.25, 0.3) is 0 Å². The molecule has 0 bridgehead atoms. The van der Waals surface area contributed by atoms with Crippen LogP contribution in [0.25, 0.3) is 0 Å². The van der Waals surface area contributed by atoms with Crippen molar-refractivity contribution in [2.45, 2.75) is 0 Å². The van der Waals surface area contributed by atoms with E-state index in [0.29, 0.717) is 5.56 Å². The molecule has 1 aromatic heterocycles. The van der Waals surface area contributed by atoms with Crippen molar-refractivity contribution in [3.8, 4) is 0 Å². The first-order valence-corrected chi connectivity index (χ1v) is 2.83. The molecule has 54 valence electrons. The van der Waals surface area contributed by atoms with Crippen molar-refractivity contribution in [3.63, 3.8) is 0 Å². The summed E-state index contributed by atoms with van der Waals surface area (Å²) in [5.74, 6) is -0.354. The second-order valence-corrected chi connectivity index (χ2v) is 1.73. The average molecular weight is 161 g/mol. The number of hydrogen-bond acceptors (Lipinski definition) is 3. The molecule has 0 atom stereocenters. The number of carbonyl (C=O) groups is 1. The number of nitrogens with zero attached hydrogens (tertiary/aromatic N) is 1. The van der Waals surface area contributed by atoms with Crippen LogP contribution in [0.3, 0.4) is 0 Å². The van der Waals surface area contributed by atoms with Crippen LogP contribution in [-0.4, -0.2) is 47.6 Å². The molecule has 0 saturated carbocycles. The van der Waals surface area contributed by atoms with Gasteiger partial charge in [-0.05, 0) is 12.1 Å². The van der Waals surface area contributed by atoms with E-state index in [4.69, 9.17) is 0 Å². The van der Waals surface area contributed by atoms with E-state index in [-0.39, 0.29) is 35.5 Å². The van der Waals surface area contributed by atoms with Crippen LogP contribution >= 0.6 is 0 Å². The number of ether oxygens (including phenoxy) is 1. The van der Waals surface area contributed by atoms with E-state index in [1.54, 1.807) is 18.3 Å². The second kappa shape index (κ2) is 5.29. The summed E-state index contributed by atoms with van der Waals surface area (Å²) in [7, 11) is 1.34. The Balaban J connectivity index is 0.000001000. The third-order valence-corrected chi connectivity index (χ3v) is 1.08. The Kier molecular flexibility index (Phi) is 5.11. The first-order chi connectivity index (χ1) is 4.84. The minimum atomic E-state index is -0.354. The predicted octanol–water partition coefficient (Wildman–Crippen LogP) is 0.220. The number of aromatic nitrogens is 1. The number of hydrogen-bond donors (Lipinski definition) is 0. The summed E-state index contributed by atoms with van der Waals surface area (Å²) >= 11 is 0. The van der Waals surface area contributed by atoms with Crippen LogP contribution in [-0.2, 0) is 4.74 Å². The molecular formula is C7H8NNaO2. The fraction of sp³-hybridized carbons (Fsp3) is 0.143. The molecule has 0 aliphatic heterocycles. The van der Waals surface area contributed by atoms with Crippen molar-refractivity contribution in [3.05, 3.63) is 30.1 Å². The van der Waals surface area contributed by atoms with E-state index in [1.165, 1.54) is 13.3 Å². The third kappa shape index (κ3) is 3.01. The zero-order valence-electron chi connectivity index (χ0n) is 5.57. The van der Waals surface area contributed by atoms with Gasteiger partial charge in [0.05, 0.1) is 12.7 Å². The van der Waals surface area contributed by atoms with E-state index in [0.717, 1.165) is 0 Å². The summed E-state index contributed by atoms with van der Waals surface area (Å²) in [5, 5.41) is 0. The summed E-state index contributed by atoms with van der Waals surface area (Å²) in [5.41, 5.74) is 0.477. The standard InChI is InChI=1S/C7H7NO2.Na.H/c1-10-7(9)6-3-2-4-8-5-6;;/h2-5H,1H3;;. The van der Waals surface area contributed by atoms with Gasteiger partial charge in [-0.2, -0.15) is 0 Å². The molecule has 0 amide bonds. The van der Waals surface area contributed by atoms with Crippen LogP contribution < -0.4 is 0 Å². The Hall–Kier alpha value is -0.380. The second-order valence-electron chi connectivity index (χ2n) is 1.73. The van der Waals surface area contributed by atoms with Gasteiger partial charge in [0.2, 0.25) is 0 Å². The molecule has 0 spiro atoms. The molecule has 0 fully saturated rings. The summed E-state index contributed by atoms with van der Waals surface area (Å²) in [6.07, 6.45) is 3.07. The SMILES string of the molecule is COC(=O)c1cccnc1.[NaH]. The number of pyridine rings is 1. The first kappa shape index (κ1) is 10.6. The van der Waals surface area contributed by atoms with Crippen molar-refractivity contribution < 1.29 is 9.53 Å². The minimum absolute atomic E-state index is 0. The maximum atomic E-state index is 10.8. The third-order valence-electron chi connectivity index (χ3n) is 1.08. The Morgan fingerprint density at radius 2 is 2.36 bits per heavy atom. The van der Waals surface area contributed by atoms with Crippen molar-refractivity contribution in [2.24, 2.45) is 0 Å². The molecular weight excluding hydrogens is 153 g/mol. The zero-order chi connectivity index (χ0) is 7.40. The van der Waals surface area contributed by atoms with Crippen LogP contribution in [0.15, 0.2) is 24.5 Å². The normalized spacial score (nSPS) is 8.09. The van der Waals surface area contributed by atoms with Crippen LogP contribution in [0.2, 0.25) is 0 Å². The van der Waals surface area contributed by atoms with Gasteiger partial charge in [0.1, 0.15) is 0 Å². The van der Waals surface area contributed by atoms with Crippen molar-refractivity contribution in [2.75, 3.05) is 7.11 Å². The van der Waals surface area contributed by atoms with Crippen molar-refractivity contribution in [1.29, 1.82) is 0 Å². The van der Waals surface area contributed by atoms with Gasteiger partial charge in [-0.15, -0.1) is 0 Å². The molecule has 1 heterocycles. The van der Waals surface area contributed by atoms with Crippen LogP contribution in [0, 0.1) is 0 Å². The predicted molar refractivity (Wildman–Crippen MR) is 42.7 cm³/mol. The molecule has 0 radical (unpaired) electrons. The number of esters is 1. The zero-order valence-corrected chi connectivity index (χ0v) is 5.57. The van der Waals surface area contributed by atoms with E-state index in [1.807, 2.05) is 0 Å². The van der Waals surface area contributed by atoms with Crippen molar-refractivity contribution >= 4 is 35.5 Å². The van der Waals surface area contributed by atoms with Gasteiger partial charge >= 0.3 is 35.5 Å². The molecule has 0 aromatic carbocycles. The molecule has 4 heteroatoms. The quantitative estimate of drug-likeness (QED) is 0.437. The topological polar surface area (TPSA) is 39.2 Å². The summed E-state index contributed by atoms with van der Waals surface area (Å²) < 4.78 is 4.46. The van der Waals surface area contributed by atoms with Gasteiger partial charge < -0.3 is 4.74 Å². The summed E-state index contributed by atoms with van der Waals surface area (Å²) in [6, 6.07) is 3.34. The van der Waals surface area contributed by atoms with E-state index in [2.05, 4.69) is 9.72 Å². The van der Waals surface area contributed by atoms with E-state index < -0.39 is 0 Å². The molecule has 0 aliphatic carbocycles. The average Bonchev–Trinajstić information content (AvgIpc) is 2.05. The molecule has 1 rings (SSSR count). The number of carbonyl (C=O) groups excluding carboxylic acids is 1. The van der Waals surface area contributed by atoms with Crippen molar-refractivity contribution in [1.82, 2.24) is 4.98 Å². The number of methoxy groups -OCH3 is 1. The maximum absolute atomic E-state index is 10.8. The van der Waals surface area contributed by atoms with Gasteiger partial charge in [-0.25, -0.2) is 4.79 Å². The van der Waals surface area contributed by atoms with E-state index >= 15 is 0 Å². The monoisotopic (exact) mass is 161 g/mol. The number of rotatable bonds is 1. The van der Waals surface area contributed by atoms with Crippen LogP contribution in [0.4, 0.5) is 0 Å². The molecule has 0 saturated heterocycles. The summed E-state index contributed by atoms with van der Waals surface area (Å²) in [4.78, 5) is 14.5. The first-order valence-electron chi connectivity index (χ1n) is 2.83. The van der Waals surface area contributed by atoms with Crippen LogP contribution in [0.1, 0.15) is 10.4 Å². The Labute approximate surface area is 87.1 Å². The fourth-order valence-corrected chi connectivity index (χ4v) is 0.601. The van der Waals surface area contributed by atoms with Gasteiger partial charge in [-0.1, -0.05) is 0 Å². The molecule has 0 aliphatic rings. The van der Waals surface area contributed by atoms with Gasteiger partial charge in [-0.3, -0.25) is 4.98 Å². The molecule has 0 unspecified atom stereocenters. The van der Waals surface area contributed by atoms with Gasteiger partial charge in [0, 0.05) is 12.4 Å². The molecule has 3 nitrogen and oxygen atoms in total. The summed E-state index contributed by atoms with van der Waals surface area (Å²) in [6.45, 7) is 0. The van der Waals surface area contributed by atoms with Crippen LogP contribution in [0.5, 0.6) is 0 Å². The Morgan fingerprint density at radius 3 is 2.82 bits per heavy atom. The van der Waals surface area contributed by atoms with E-state index in [9.17, 15) is 4.79 Å². The Bertz CT molecular complexity index is 225. The molecule has 1 aromatic rings. The molecule has 11 heavy (non-hydrogen) atoms. The fourth-order valence-electron chi connectivity index (χ4n) is 0.601. The Morgan fingerprint density at radius 1 is 1.64 bits per heavy atom. The van der Waals surface area contributed by atoms with Gasteiger partial charge in [0.15, 0.2) is 0 Å².